The van der Waals surface area contributed by atoms with Gasteiger partial charge in [0.2, 0.25) is 17.8 Å². The van der Waals surface area contributed by atoms with Crippen LogP contribution in [-0.2, 0) is 20.9 Å². The van der Waals surface area contributed by atoms with E-state index in [9.17, 15) is 14.4 Å². The first-order valence-corrected chi connectivity index (χ1v) is 12.5. The van der Waals surface area contributed by atoms with E-state index in [4.69, 9.17) is 9.47 Å². The topological polar surface area (TPSA) is 125 Å². The third-order valence-corrected chi connectivity index (χ3v) is 5.49. The molecule has 11 nitrogen and oxygen atoms in total. The number of nitrogens with one attached hydrogen (secondary N) is 3. The van der Waals surface area contributed by atoms with Crippen LogP contribution in [0, 0.1) is 0 Å². The average Bonchev–Trinajstić information content (AvgIpc) is 3.29. The molecule has 0 aromatic heterocycles. The summed E-state index contributed by atoms with van der Waals surface area (Å²) >= 11 is 0. The van der Waals surface area contributed by atoms with Crippen molar-refractivity contribution < 1.29 is 23.9 Å². The van der Waals surface area contributed by atoms with E-state index in [1.54, 1.807) is 17.9 Å². The van der Waals surface area contributed by atoms with E-state index in [1.807, 2.05) is 37.9 Å². The monoisotopic (exact) mass is 502 g/mol. The van der Waals surface area contributed by atoms with E-state index in [2.05, 4.69) is 21.1 Å². The van der Waals surface area contributed by atoms with E-state index in [0.29, 0.717) is 37.4 Å². The Morgan fingerprint density at radius 2 is 1.86 bits per heavy atom. The molecule has 0 aliphatic carbocycles. The van der Waals surface area contributed by atoms with Gasteiger partial charge in [-0.3, -0.25) is 20.3 Å². The minimum Gasteiger partial charge on any atom is -0.494 e. The Morgan fingerprint density at radius 3 is 2.56 bits per heavy atom. The zero-order valence-electron chi connectivity index (χ0n) is 21.7. The lowest BCUT2D eigenvalue weighted by molar-refractivity contribution is -0.125. The lowest BCUT2D eigenvalue weighted by Crippen LogP contribution is -2.51. The van der Waals surface area contributed by atoms with Crippen LogP contribution in [0.1, 0.15) is 58.9 Å². The van der Waals surface area contributed by atoms with Gasteiger partial charge in [-0.25, -0.2) is 14.8 Å². The summed E-state index contributed by atoms with van der Waals surface area (Å²) in [6, 6.07) is 5.53. The Kier molecular flexibility index (Phi) is 9.51. The molecule has 1 aromatic rings. The van der Waals surface area contributed by atoms with E-state index < -0.39 is 6.09 Å². The van der Waals surface area contributed by atoms with Crippen molar-refractivity contribution in [3.63, 3.8) is 0 Å². The van der Waals surface area contributed by atoms with Crippen molar-refractivity contribution in [1.29, 1.82) is 0 Å². The summed E-state index contributed by atoms with van der Waals surface area (Å²) in [5, 5.41) is 7.52. The maximum Gasteiger partial charge on any atom is 0.413 e. The summed E-state index contributed by atoms with van der Waals surface area (Å²) in [6.07, 6.45) is 2.57. The van der Waals surface area contributed by atoms with E-state index >= 15 is 0 Å². The summed E-state index contributed by atoms with van der Waals surface area (Å²) in [4.78, 5) is 42.9. The predicted octanol–water partition coefficient (Wildman–Crippen LogP) is 2.44. The molecule has 2 aliphatic heterocycles. The highest BCUT2D eigenvalue weighted by Gasteiger charge is 2.26. The Bertz CT molecular complexity index is 968. The van der Waals surface area contributed by atoms with Crippen molar-refractivity contribution in [2.45, 2.75) is 65.5 Å². The van der Waals surface area contributed by atoms with Crippen molar-refractivity contribution in [2.75, 3.05) is 32.8 Å². The number of benzene rings is 1. The van der Waals surface area contributed by atoms with Crippen LogP contribution in [0.25, 0.3) is 0 Å². The Morgan fingerprint density at radius 1 is 1.11 bits per heavy atom. The maximum atomic E-state index is 12.5. The molecule has 11 heteroatoms. The van der Waals surface area contributed by atoms with Crippen LogP contribution in [0.2, 0.25) is 0 Å². The maximum absolute atomic E-state index is 12.5. The molecule has 3 N–H and O–H groups in total. The molecule has 1 fully saturated rings. The Labute approximate surface area is 212 Å². The summed E-state index contributed by atoms with van der Waals surface area (Å²) < 4.78 is 10.8. The number of guanidine groups is 1. The fourth-order valence-corrected chi connectivity index (χ4v) is 3.95. The number of amides is 3. The SMILES string of the molecule is CCOC(=O)NC1=Nc2cc(OCCCC(=O)NN3CCCC3)ccc2CN1CC(=O)NC(C)(C)C. The molecule has 0 bridgehead atoms. The van der Waals surface area contributed by atoms with Crippen LogP contribution in [0.5, 0.6) is 5.75 Å². The first-order chi connectivity index (χ1) is 17.1. The van der Waals surface area contributed by atoms with Gasteiger partial charge in [-0.15, -0.1) is 0 Å². The van der Waals surface area contributed by atoms with Crippen LogP contribution in [-0.4, -0.2) is 72.2 Å². The highest BCUT2D eigenvalue weighted by molar-refractivity contribution is 5.98. The second-order valence-electron chi connectivity index (χ2n) is 9.91. The van der Waals surface area contributed by atoms with E-state index in [-0.39, 0.29) is 36.5 Å². The van der Waals surface area contributed by atoms with Gasteiger partial charge >= 0.3 is 6.09 Å². The fraction of sp³-hybridized carbons (Fsp3) is 0.600. The molecular weight excluding hydrogens is 464 g/mol. The Balaban J connectivity index is 1.60. The molecule has 0 unspecified atom stereocenters. The quantitative estimate of drug-likeness (QED) is 0.443. The molecule has 3 amide bonds. The highest BCUT2D eigenvalue weighted by Crippen LogP contribution is 2.30. The molecule has 2 heterocycles. The molecule has 36 heavy (non-hydrogen) atoms. The zero-order valence-corrected chi connectivity index (χ0v) is 21.7. The fourth-order valence-electron chi connectivity index (χ4n) is 3.95. The molecule has 0 atom stereocenters. The summed E-state index contributed by atoms with van der Waals surface area (Å²) in [7, 11) is 0. The van der Waals surface area contributed by atoms with Crippen LogP contribution in [0.3, 0.4) is 0 Å². The molecule has 2 aliphatic rings. The number of carbonyl (C=O) groups is 3. The molecule has 0 spiro atoms. The molecule has 3 rings (SSSR count). The van der Waals surface area contributed by atoms with Crippen molar-refractivity contribution in [3.05, 3.63) is 23.8 Å². The normalized spacial score (nSPS) is 15.6. The number of carbonyl (C=O) groups excluding carboxylic acids is 3. The van der Waals surface area contributed by atoms with Crippen LogP contribution in [0.15, 0.2) is 23.2 Å². The van der Waals surface area contributed by atoms with Gasteiger partial charge in [-0.05, 0) is 58.6 Å². The minimum absolute atomic E-state index is 0.000751. The van der Waals surface area contributed by atoms with Crippen molar-refractivity contribution in [3.8, 4) is 5.75 Å². The molecule has 1 aromatic carbocycles. The van der Waals surface area contributed by atoms with Gasteiger partial charge in [0.15, 0.2) is 0 Å². The number of hydrogen-bond donors (Lipinski definition) is 3. The number of rotatable bonds is 9. The molecule has 1 saturated heterocycles. The number of hydrazine groups is 1. The second-order valence-corrected chi connectivity index (χ2v) is 9.91. The van der Waals surface area contributed by atoms with Crippen molar-refractivity contribution in [1.82, 2.24) is 26.0 Å². The first kappa shape index (κ1) is 27.3. The van der Waals surface area contributed by atoms with E-state index in [1.165, 1.54) is 0 Å². The van der Waals surface area contributed by atoms with Gasteiger partial charge in [-0.1, -0.05) is 6.07 Å². The van der Waals surface area contributed by atoms with Crippen LogP contribution < -0.4 is 20.8 Å². The molecular formula is C25H38N6O5. The van der Waals surface area contributed by atoms with Gasteiger partial charge in [0, 0.05) is 37.7 Å². The van der Waals surface area contributed by atoms with Gasteiger partial charge in [0.05, 0.1) is 18.9 Å². The lowest BCUT2D eigenvalue weighted by atomic mass is 10.1. The summed E-state index contributed by atoms with van der Waals surface area (Å²) in [5.41, 5.74) is 4.08. The standard InChI is InChI=1S/C25H38N6O5/c1-5-35-24(34)27-23-26-20-15-19(36-14-8-9-21(32)29-31-12-6-7-13-31)11-10-18(20)16-30(23)17-22(33)28-25(2,3)4/h10-11,15H,5-9,12-14,16-17H2,1-4H3,(H,28,33)(H,29,32)(H,26,27,34). The third kappa shape index (κ3) is 8.71. The minimum atomic E-state index is -0.638. The number of alkyl carbamates (subject to hydrolysis) is 1. The smallest absolute Gasteiger partial charge is 0.413 e. The first-order valence-electron chi connectivity index (χ1n) is 12.5. The molecule has 0 saturated carbocycles. The van der Waals surface area contributed by atoms with Gasteiger partial charge < -0.3 is 19.7 Å². The number of ether oxygens (including phenoxy) is 2. The summed E-state index contributed by atoms with van der Waals surface area (Å²) in [5.74, 6) is 0.673. The average molecular weight is 503 g/mol. The molecule has 0 radical (unpaired) electrons. The third-order valence-electron chi connectivity index (χ3n) is 5.49. The van der Waals surface area contributed by atoms with Crippen molar-refractivity contribution >= 4 is 29.6 Å². The number of nitrogens with zero attached hydrogens (tertiary/aromatic N) is 3. The van der Waals surface area contributed by atoms with E-state index in [0.717, 1.165) is 31.5 Å². The van der Waals surface area contributed by atoms with Crippen LogP contribution >= 0.6 is 0 Å². The Hall–Kier alpha value is -3.34. The van der Waals surface area contributed by atoms with Gasteiger partial charge in [0.1, 0.15) is 12.3 Å². The predicted molar refractivity (Wildman–Crippen MR) is 136 cm³/mol. The number of hydrogen-bond acceptors (Lipinski definition) is 8. The van der Waals surface area contributed by atoms with Crippen molar-refractivity contribution in [2.24, 2.45) is 4.99 Å². The number of fused-ring (bicyclic) bond motifs is 1. The molecule has 198 valence electrons. The number of aliphatic imine (C=N–C) groups is 1. The lowest BCUT2D eigenvalue weighted by Gasteiger charge is -2.31. The van der Waals surface area contributed by atoms with Gasteiger partial charge in [-0.2, -0.15) is 0 Å². The highest BCUT2D eigenvalue weighted by atomic mass is 16.5. The summed E-state index contributed by atoms with van der Waals surface area (Å²) in [6.45, 7) is 10.3. The zero-order chi connectivity index (χ0) is 26.1. The van der Waals surface area contributed by atoms with Gasteiger partial charge in [0.25, 0.3) is 0 Å². The van der Waals surface area contributed by atoms with Crippen LogP contribution in [0.4, 0.5) is 10.5 Å². The second kappa shape index (κ2) is 12.6. The largest absolute Gasteiger partial charge is 0.494 e.